The number of carbonyl (C=O) groups excluding carboxylic acids is 1. The first kappa shape index (κ1) is 27.4. The third kappa shape index (κ3) is 6.12. The molecule has 0 bridgehead atoms. The molecule has 1 amide bonds. The summed E-state index contributed by atoms with van der Waals surface area (Å²) in [5, 5.41) is 0. The number of alkyl halides is 3. The average molecular weight is 539 g/mol. The summed E-state index contributed by atoms with van der Waals surface area (Å²) in [5.74, 6) is -0.0906. The summed E-state index contributed by atoms with van der Waals surface area (Å²) < 4.78 is 71.7. The Hall–Kier alpha value is -2.59. The van der Waals surface area contributed by atoms with Crippen LogP contribution in [0.5, 0.6) is 0 Å². The quantitative estimate of drug-likeness (QED) is 0.453. The second-order valence-corrected chi connectivity index (χ2v) is 12.7. The van der Waals surface area contributed by atoms with Gasteiger partial charge in [-0.3, -0.25) is 4.90 Å². The standard InChI is InChI=1S/C27H33F3N2O4S/c1-4-25(2,3)22-9-7-21(8-10-22)18-37(34,35)32-15-13-26(14-16-32)19-31(24(33)36-26)17-20-5-11-23(12-6-20)27(28,29)30/h5-12H,4,13-19H2,1-3H3. The molecule has 2 aromatic carbocycles. The van der Waals surface area contributed by atoms with Gasteiger partial charge in [-0.05, 0) is 40.7 Å². The maximum atomic E-state index is 13.1. The maximum Gasteiger partial charge on any atom is 0.416 e. The van der Waals surface area contributed by atoms with Gasteiger partial charge in [-0.2, -0.15) is 13.2 Å². The minimum atomic E-state index is -4.42. The highest BCUT2D eigenvalue weighted by molar-refractivity contribution is 7.88. The van der Waals surface area contributed by atoms with E-state index in [1.165, 1.54) is 26.9 Å². The molecular weight excluding hydrogens is 505 g/mol. The number of carbonyl (C=O) groups is 1. The van der Waals surface area contributed by atoms with Gasteiger partial charge in [0.2, 0.25) is 10.0 Å². The van der Waals surface area contributed by atoms with E-state index in [0.29, 0.717) is 18.4 Å². The molecule has 6 nitrogen and oxygen atoms in total. The molecule has 2 aromatic rings. The van der Waals surface area contributed by atoms with E-state index in [1.54, 1.807) is 0 Å². The highest BCUT2D eigenvalue weighted by atomic mass is 32.2. The van der Waals surface area contributed by atoms with E-state index in [9.17, 15) is 26.4 Å². The van der Waals surface area contributed by atoms with Crippen LogP contribution in [0.15, 0.2) is 48.5 Å². The SMILES string of the molecule is CCC(C)(C)c1ccc(CS(=O)(=O)N2CCC3(CC2)CN(Cc2ccc(C(F)(F)F)cc2)C(=O)O3)cc1. The predicted octanol–water partition coefficient (Wildman–Crippen LogP) is 5.71. The number of piperidine rings is 1. The van der Waals surface area contributed by atoms with Crippen LogP contribution in [0.3, 0.4) is 0 Å². The van der Waals surface area contributed by atoms with Crippen molar-refractivity contribution >= 4 is 16.1 Å². The highest BCUT2D eigenvalue weighted by Gasteiger charge is 2.48. The average Bonchev–Trinajstić information content (AvgIpc) is 3.13. The molecule has 0 unspecified atom stereocenters. The molecule has 2 fully saturated rings. The summed E-state index contributed by atoms with van der Waals surface area (Å²) in [4.78, 5) is 14.0. The van der Waals surface area contributed by atoms with E-state index in [0.717, 1.165) is 24.1 Å². The van der Waals surface area contributed by atoms with Gasteiger partial charge in [-0.1, -0.05) is 57.2 Å². The van der Waals surface area contributed by atoms with Gasteiger partial charge < -0.3 is 4.74 Å². The minimum Gasteiger partial charge on any atom is -0.441 e. The summed E-state index contributed by atoms with van der Waals surface area (Å²) >= 11 is 0. The third-order valence-electron chi connectivity index (χ3n) is 7.69. The fraction of sp³-hybridized carbons (Fsp3) is 0.519. The summed E-state index contributed by atoms with van der Waals surface area (Å²) in [6, 6.07) is 12.4. The van der Waals surface area contributed by atoms with Crippen LogP contribution < -0.4 is 0 Å². The monoisotopic (exact) mass is 538 g/mol. The molecule has 0 saturated carbocycles. The zero-order valence-corrected chi connectivity index (χ0v) is 22.2. The van der Waals surface area contributed by atoms with Crippen molar-refractivity contribution in [2.45, 2.75) is 69.5 Å². The Morgan fingerprint density at radius 2 is 1.46 bits per heavy atom. The lowest BCUT2D eigenvalue weighted by Gasteiger charge is -2.36. The molecule has 0 aromatic heterocycles. The molecule has 0 aliphatic carbocycles. The van der Waals surface area contributed by atoms with E-state index >= 15 is 0 Å². The predicted molar refractivity (Wildman–Crippen MR) is 134 cm³/mol. The fourth-order valence-corrected chi connectivity index (χ4v) is 6.36. The van der Waals surface area contributed by atoms with Crippen molar-refractivity contribution < 1.29 is 31.1 Å². The first-order valence-electron chi connectivity index (χ1n) is 12.4. The van der Waals surface area contributed by atoms with E-state index in [-0.39, 0.29) is 37.3 Å². The van der Waals surface area contributed by atoms with Crippen molar-refractivity contribution in [3.63, 3.8) is 0 Å². The van der Waals surface area contributed by atoms with Crippen LogP contribution in [0.4, 0.5) is 18.0 Å². The third-order valence-corrected chi connectivity index (χ3v) is 9.54. The number of hydrogen-bond donors (Lipinski definition) is 0. The van der Waals surface area contributed by atoms with Crippen molar-refractivity contribution in [3.05, 3.63) is 70.8 Å². The zero-order valence-electron chi connectivity index (χ0n) is 21.3. The first-order chi connectivity index (χ1) is 17.2. The number of halogens is 3. The molecular formula is C27H33F3N2O4S. The lowest BCUT2D eigenvalue weighted by atomic mass is 9.82. The van der Waals surface area contributed by atoms with Gasteiger partial charge in [-0.15, -0.1) is 0 Å². The number of hydrogen-bond acceptors (Lipinski definition) is 4. The van der Waals surface area contributed by atoms with E-state index in [4.69, 9.17) is 4.74 Å². The molecule has 2 aliphatic rings. The number of nitrogens with zero attached hydrogens (tertiary/aromatic N) is 2. The van der Waals surface area contributed by atoms with Crippen molar-refractivity contribution in [1.29, 1.82) is 0 Å². The lowest BCUT2D eigenvalue weighted by Crippen LogP contribution is -2.48. The smallest absolute Gasteiger partial charge is 0.416 e. The molecule has 2 heterocycles. The van der Waals surface area contributed by atoms with Crippen LogP contribution in [0.2, 0.25) is 0 Å². The fourth-order valence-electron chi connectivity index (χ4n) is 4.82. The number of rotatable bonds is 7. The van der Waals surface area contributed by atoms with Gasteiger partial charge in [0.1, 0.15) is 5.60 Å². The Bertz CT molecular complexity index is 1220. The largest absolute Gasteiger partial charge is 0.441 e. The van der Waals surface area contributed by atoms with Gasteiger partial charge in [0.25, 0.3) is 0 Å². The second kappa shape index (κ2) is 9.94. The van der Waals surface area contributed by atoms with Crippen LogP contribution in [-0.4, -0.2) is 49.0 Å². The summed E-state index contributed by atoms with van der Waals surface area (Å²) in [6.07, 6.45) is -3.24. The summed E-state index contributed by atoms with van der Waals surface area (Å²) in [7, 11) is -3.54. The van der Waals surface area contributed by atoms with Gasteiger partial charge in [0, 0.05) is 32.5 Å². The lowest BCUT2D eigenvalue weighted by molar-refractivity contribution is -0.137. The first-order valence-corrected chi connectivity index (χ1v) is 14.1. The Balaban J connectivity index is 1.34. The molecule has 0 radical (unpaired) electrons. The van der Waals surface area contributed by atoms with Crippen LogP contribution in [0.1, 0.15) is 62.3 Å². The van der Waals surface area contributed by atoms with Gasteiger partial charge in [0.05, 0.1) is 17.9 Å². The zero-order chi connectivity index (χ0) is 27.1. The Morgan fingerprint density at radius 3 is 2.00 bits per heavy atom. The van der Waals surface area contributed by atoms with E-state index in [1.807, 2.05) is 24.3 Å². The van der Waals surface area contributed by atoms with Crippen LogP contribution in [-0.2, 0) is 38.6 Å². The molecule has 1 spiro atoms. The molecule has 0 atom stereocenters. The minimum absolute atomic E-state index is 0.0255. The van der Waals surface area contributed by atoms with Crippen molar-refractivity contribution in [1.82, 2.24) is 9.21 Å². The number of benzene rings is 2. The molecule has 37 heavy (non-hydrogen) atoms. The second-order valence-electron chi connectivity index (χ2n) is 10.7. The maximum absolute atomic E-state index is 13.1. The highest BCUT2D eigenvalue weighted by Crippen LogP contribution is 2.36. The Kier molecular flexibility index (Phi) is 7.38. The van der Waals surface area contributed by atoms with Crippen molar-refractivity contribution in [2.24, 2.45) is 0 Å². The van der Waals surface area contributed by atoms with Gasteiger partial charge >= 0.3 is 12.3 Å². The van der Waals surface area contributed by atoms with Crippen LogP contribution in [0.25, 0.3) is 0 Å². The van der Waals surface area contributed by atoms with Gasteiger partial charge in [0.15, 0.2) is 0 Å². The van der Waals surface area contributed by atoms with E-state index < -0.39 is 33.5 Å². The summed E-state index contributed by atoms with van der Waals surface area (Å²) in [5.41, 5.74) is 0.951. The molecule has 2 aliphatic heterocycles. The number of sulfonamides is 1. The Morgan fingerprint density at radius 1 is 0.919 bits per heavy atom. The van der Waals surface area contributed by atoms with Crippen LogP contribution in [0, 0.1) is 0 Å². The molecule has 4 rings (SSSR count). The molecule has 2 saturated heterocycles. The van der Waals surface area contributed by atoms with Crippen LogP contribution >= 0.6 is 0 Å². The molecule has 0 N–H and O–H groups in total. The normalized spacial score (nSPS) is 18.9. The molecule has 10 heteroatoms. The summed E-state index contributed by atoms with van der Waals surface area (Å²) in [6.45, 7) is 7.32. The van der Waals surface area contributed by atoms with Crippen molar-refractivity contribution in [3.8, 4) is 0 Å². The number of ether oxygens (including phenoxy) is 1. The Labute approximate surface area is 216 Å². The van der Waals surface area contributed by atoms with Gasteiger partial charge in [-0.25, -0.2) is 17.5 Å². The molecule has 202 valence electrons. The van der Waals surface area contributed by atoms with Crippen molar-refractivity contribution in [2.75, 3.05) is 19.6 Å². The topological polar surface area (TPSA) is 66.9 Å². The van der Waals surface area contributed by atoms with E-state index in [2.05, 4.69) is 20.8 Å². The number of amides is 1.